The summed E-state index contributed by atoms with van der Waals surface area (Å²) in [7, 11) is -3.32. The maximum Gasteiger partial charge on any atom is 0.414 e. The van der Waals surface area contributed by atoms with Gasteiger partial charge in [-0.2, -0.15) is 0 Å². The average Bonchev–Trinajstić information content (AvgIpc) is 3.40. The molecule has 2 fully saturated rings. The van der Waals surface area contributed by atoms with Gasteiger partial charge in [-0.25, -0.2) is 22.3 Å². The third-order valence-corrected chi connectivity index (χ3v) is 5.62. The first-order valence-electron chi connectivity index (χ1n) is 9.31. The van der Waals surface area contributed by atoms with E-state index in [1.54, 1.807) is 17.0 Å². The second-order valence-corrected chi connectivity index (χ2v) is 9.00. The molecule has 1 amide bonds. The molecule has 162 valence electrons. The molecular weight excluding hydrogens is 419 g/mol. The van der Waals surface area contributed by atoms with E-state index in [-0.39, 0.29) is 25.1 Å². The van der Waals surface area contributed by atoms with Crippen molar-refractivity contribution in [2.24, 2.45) is 0 Å². The summed E-state index contributed by atoms with van der Waals surface area (Å²) < 4.78 is 55.4. The predicted octanol–water partition coefficient (Wildman–Crippen LogP) is 1.35. The molecule has 10 nitrogen and oxygen atoms in total. The van der Waals surface area contributed by atoms with Crippen LogP contribution in [0.1, 0.15) is 6.42 Å². The Morgan fingerprint density at radius 1 is 1.33 bits per heavy atom. The van der Waals surface area contributed by atoms with Gasteiger partial charge in [0.15, 0.2) is 6.10 Å². The Hall–Kier alpha value is -2.86. The largest absolute Gasteiger partial charge is 0.471 e. The van der Waals surface area contributed by atoms with Gasteiger partial charge in [0, 0.05) is 25.2 Å². The predicted molar refractivity (Wildman–Crippen MR) is 105 cm³/mol. The van der Waals surface area contributed by atoms with Crippen LogP contribution in [-0.2, 0) is 14.8 Å². The number of benzene rings is 1. The van der Waals surface area contributed by atoms with E-state index in [0.29, 0.717) is 30.9 Å². The van der Waals surface area contributed by atoms with E-state index in [0.717, 1.165) is 6.26 Å². The van der Waals surface area contributed by atoms with Crippen LogP contribution >= 0.6 is 0 Å². The van der Waals surface area contributed by atoms with Gasteiger partial charge in [-0.3, -0.25) is 4.90 Å². The lowest BCUT2D eigenvalue weighted by molar-refractivity contribution is 0.102. The van der Waals surface area contributed by atoms with Crippen molar-refractivity contribution in [1.29, 1.82) is 0 Å². The first-order chi connectivity index (χ1) is 14.3. The van der Waals surface area contributed by atoms with Crippen LogP contribution in [-0.4, -0.2) is 64.3 Å². The first kappa shape index (κ1) is 20.4. The Labute approximate surface area is 172 Å². The minimum absolute atomic E-state index is 0.0951. The molecule has 0 saturated carbocycles. The van der Waals surface area contributed by atoms with E-state index in [9.17, 15) is 17.6 Å². The number of nitrogens with one attached hydrogen (secondary N) is 1. The molecular formula is C18H21FN4O6S. The van der Waals surface area contributed by atoms with Crippen LogP contribution in [0.25, 0.3) is 0 Å². The Balaban J connectivity index is 1.39. The molecule has 1 N–H and O–H groups in total. The number of amides is 1. The molecule has 0 radical (unpaired) electrons. The van der Waals surface area contributed by atoms with Crippen molar-refractivity contribution in [3.8, 4) is 5.88 Å². The number of aromatic nitrogens is 1. The Morgan fingerprint density at radius 2 is 2.17 bits per heavy atom. The van der Waals surface area contributed by atoms with E-state index in [2.05, 4.69) is 14.4 Å². The van der Waals surface area contributed by atoms with Crippen molar-refractivity contribution in [3.05, 3.63) is 36.3 Å². The fourth-order valence-electron chi connectivity index (χ4n) is 3.57. The Morgan fingerprint density at radius 3 is 2.87 bits per heavy atom. The highest BCUT2D eigenvalue weighted by Gasteiger charge is 2.34. The summed E-state index contributed by atoms with van der Waals surface area (Å²) in [6.45, 7) is 1.20. The fourth-order valence-corrected chi connectivity index (χ4v) is 4.37. The monoisotopic (exact) mass is 440 g/mol. The number of carbonyl (C=O) groups excluding carboxylic acids is 1. The molecule has 0 unspecified atom stereocenters. The van der Waals surface area contributed by atoms with Gasteiger partial charge in [0.25, 0.3) is 5.88 Å². The van der Waals surface area contributed by atoms with Crippen LogP contribution < -0.4 is 19.3 Å². The summed E-state index contributed by atoms with van der Waals surface area (Å²) in [5, 5.41) is 3.61. The smallest absolute Gasteiger partial charge is 0.414 e. The lowest BCUT2D eigenvalue weighted by atomic mass is 10.2. The molecule has 1 aromatic heterocycles. The van der Waals surface area contributed by atoms with Crippen molar-refractivity contribution < 1.29 is 31.6 Å². The van der Waals surface area contributed by atoms with Gasteiger partial charge in [-0.05, 0) is 29.8 Å². The third kappa shape index (κ3) is 4.65. The van der Waals surface area contributed by atoms with Gasteiger partial charge >= 0.3 is 6.09 Å². The summed E-state index contributed by atoms with van der Waals surface area (Å²) in [4.78, 5) is 15.3. The van der Waals surface area contributed by atoms with Gasteiger partial charge in [0.2, 0.25) is 10.0 Å². The van der Waals surface area contributed by atoms with Crippen LogP contribution in [0.5, 0.6) is 5.88 Å². The van der Waals surface area contributed by atoms with Crippen LogP contribution in [0.4, 0.5) is 20.6 Å². The maximum atomic E-state index is 14.8. The molecule has 2 aliphatic heterocycles. The third-order valence-electron chi connectivity index (χ3n) is 4.86. The fraction of sp³-hybridized carbons (Fsp3) is 0.444. The molecule has 0 spiro atoms. The molecule has 4 rings (SSSR count). The van der Waals surface area contributed by atoms with Crippen LogP contribution in [0.3, 0.4) is 0 Å². The molecule has 0 aliphatic carbocycles. The SMILES string of the molecule is CS(=O)(=O)N[C@H]1CCN(c2ccc(N3C[C@H](COc4ccon4)OC3=O)cc2F)C1. The maximum absolute atomic E-state index is 14.8. The molecule has 0 bridgehead atoms. The number of anilines is 2. The summed E-state index contributed by atoms with van der Waals surface area (Å²) in [5.74, 6) is -0.211. The summed E-state index contributed by atoms with van der Waals surface area (Å²) in [6, 6.07) is 5.77. The molecule has 2 aromatic rings. The minimum atomic E-state index is -3.32. The van der Waals surface area contributed by atoms with Gasteiger partial charge in [-0.15, -0.1) is 0 Å². The lowest BCUT2D eigenvalue weighted by Gasteiger charge is -2.21. The standard InChI is InChI=1S/C18H21FN4O6S/c1-30(25,26)21-12-4-6-22(9-12)16-3-2-13(8-15(16)19)23-10-14(29-18(23)24)11-27-17-5-7-28-20-17/h2-3,5,7-8,12,14,21H,4,6,9-11H2,1H3/t12-,14+/m0/s1. The number of carbonyl (C=O) groups is 1. The Bertz CT molecular complexity index is 1020. The van der Waals surface area contributed by atoms with Gasteiger partial charge in [0.05, 0.1) is 24.2 Å². The number of ether oxygens (including phenoxy) is 2. The minimum Gasteiger partial charge on any atom is -0.471 e. The topological polar surface area (TPSA) is 114 Å². The number of hydrogen-bond donors (Lipinski definition) is 1. The molecule has 2 atom stereocenters. The average molecular weight is 440 g/mol. The zero-order valence-electron chi connectivity index (χ0n) is 16.2. The number of hydrogen-bond acceptors (Lipinski definition) is 8. The summed E-state index contributed by atoms with van der Waals surface area (Å²) in [5.41, 5.74) is 0.727. The highest BCUT2D eigenvalue weighted by molar-refractivity contribution is 7.88. The molecule has 2 saturated heterocycles. The zero-order chi connectivity index (χ0) is 21.3. The molecule has 12 heteroatoms. The number of halogens is 1. The van der Waals surface area contributed by atoms with Gasteiger partial charge in [0.1, 0.15) is 18.7 Å². The van der Waals surface area contributed by atoms with Gasteiger partial charge < -0.3 is 18.9 Å². The van der Waals surface area contributed by atoms with Crippen molar-refractivity contribution >= 4 is 27.5 Å². The normalized spacial score (nSPS) is 21.9. The second kappa shape index (κ2) is 8.11. The highest BCUT2D eigenvalue weighted by Crippen LogP contribution is 2.30. The van der Waals surface area contributed by atoms with Crippen LogP contribution in [0.15, 0.2) is 35.1 Å². The molecule has 3 heterocycles. The number of rotatable bonds is 7. The van der Waals surface area contributed by atoms with Crippen molar-refractivity contribution in [1.82, 2.24) is 9.88 Å². The first-order valence-corrected chi connectivity index (χ1v) is 11.2. The van der Waals surface area contributed by atoms with E-state index in [1.807, 2.05) is 0 Å². The highest BCUT2D eigenvalue weighted by atomic mass is 32.2. The van der Waals surface area contributed by atoms with Crippen LogP contribution in [0.2, 0.25) is 0 Å². The molecule has 1 aromatic carbocycles. The quantitative estimate of drug-likeness (QED) is 0.686. The summed E-state index contributed by atoms with van der Waals surface area (Å²) >= 11 is 0. The second-order valence-electron chi connectivity index (χ2n) is 7.22. The molecule has 2 aliphatic rings. The van der Waals surface area contributed by atoms with Crippen LogP contribution in [0, 0.1) is 5.82 Å². The number of nitrogens with zero attached hydrogens (tertiary/aromatic N) is 3. The number of cyclic esters (lactones) is 1. The lowest BCUT2D eigenvalue weighted by Crippen LogP contribution is -2.36. The van der Waals surface area contributed by atoms with Crippen molar-refractivity contribution in [2.75, 3.05) is 42.3 Å². The van der Waals surface area contributed by atoms with E-state index >= 15 is 0 Å². The zero-order valence-corrected chi connectivity index (χ0v) is 17.0. The summed E-state index contributed by atoms with van der Waals surface area (Å²) in [6.07, 6.45) is 1.93. The van der Waals surface area contributed by atoms with E-state index in [4.69, 9.17) is 9.47 Å². The van der Waals surface area contributed by atoms with Crippen molar-refractivity contribution in [3.63, 3.8) is 0 Å². The van der Waals surface area contributed by atoms with E-state index in [1.165, 1.54) is 23.3 Å². The number of sulfonamides is 1. The van der Waals surface area contributed by atoms with Crippen molar-refractivity contribution in [2.45, 2.75) is 18.6 Å². The van der Waals surface area contributed by atoms with E-state index < -0.39 is 28.0 Å². The molecule has 30 heavy (non-hydrogen) atoms. The Kier molecular flexibility index (Phi) is 5.52. The van der Waals surface area contributed by atoms with Gasteiger partial charge in [-0.1, -0.05) is 0 Å².